The normalized spacial score (nSPS) is 13.8. The lowest BCUT2D eigenvalue weighted by Crippen LogP contribution is -2.13. The van der Waals surface area contributed by atoms with Gasteiger partial charge in [0.15, 0.2) is 0 Å². The Bertz CT molecular complexity index is 871. The molecule has 4 nitrogen and oxygen atoms in total. The van der Waals surface area contributed by atoms with Crippen LogP contribution in [0.4, 0.5) is 5.00 Å². The number of esters is 1. The van der Waals surface area contributed by atoms with Crippen molar-refractivity contribution < 1.29 is 14.3 Å². The minimum absolute atomic E-state index is 0.268. The molecule has 2 aromatic rings. The van der Waals surface area contributed by atoms with E-state index in [0.29, 0.717) is 22.2 Å². The fraction of sp³-hybridized carbons (Fsp3) is 0.364. The van der Waals surface area contributed by atoms with Gasteiger partial charge in [0.2, 0.25) is 5.91 Å². The van der Waals surface area contributed by atoms with Crippen molar-refractivity contribution in [2.75, 3.05) is 11.9 Å². The molecule has 0 saturated heterocycles. The third-order valence-electron chi connectivity index (χ3n) is 4.60. The summed E-state index contributed by atoms with van der Waals surface area (Å²) >= 11 is 7.39. The molecule has 1 aromatic carbocycles. The highest BCUT2D eigenvalue weighted by atomic mass is 35.5. The molecule has 1 amide bonds. The van der Waals surface area contributed by atoms with Gasteiger partial charge in [0.25, 0.3) is 0 Å². The molecule has 0 saturated carbocycles. The van der Waals surface area contributed by atoms with Crippen LogP contribution in [0.3, 0.4) is 0 Å². The lowest BCUT2D eigenvalue weighted by atomic mass is 10.1. The van der Waals surface area contributed by atoms with Crippen LogP contribution in [0, 0.1) is 0 Å². The fourth-order valence-corrected chi connectivity index (χ4v) is 4.62. The molecule has 1 N–H and O–H groups in total. The first kappa shape index (κ1) is 20.6. The first-order chi connectivity index (χ1) is 13.6. The monoisotopic (exact) mass is 417 g/mol. The van der Waals surface area contributed by atoms with Crippen molar-refractivity contribution in [1.29, 1.82) is 0 Å². The van der Waals surface area contributed by atoms with Crippen LogP contribution >= 0.6 is 22.9 Å². The minimum atomic E-state index is -0.335. The van der Waals surface area contributed by atoms with Gasteiger partial charge >= 0.3 is 5.97 Å². The number of halogens is 1. The predicted molar refractivity (Wildman–Crippen MR) is 115 cm³/mol. The van der Waals surface area contributed by atoms with E-state index in [1.54, 1.807) is 18.2 Å². The highest BCUT2D eigenvalue weighted by molar-refractivity contribution is 7.17. The summed E-state index contributed by atoms with van der Waals surface area (Å²) in [6, 6.07) is 7.23. The molecule has 0 bridgehead atoms. The Labute approximate surface area is 174 Å². The topological polar surface area (TPSA) is 55.4 Å². The van der Waals surface area contributed by atoms with Crippen molar-refractivity contribution in [3.8, 4) is 0 Å². The number of carbonyl (C=O) groups excluding carboxylic acids is 2. The molecule has 0 atom stereocenters. The number of hydrogen-bond donors (Lipinski definition) is 1. The maximum Gasteiger partial charge on any atom is 0.341 e. The Morgan fingerprint density at radius 2 is 1.93 bits per heavy atom. The van der Waals surface area contributed by atoms with Crippen LogP contribution in [-0.2, 0) is 22.4 Å². The summed E-state index contributed by atoms with van der Waals surface area (Å²) in [7, 11) is 0. The summed E-state index contributed by atoms with van der Waals surface area (Å²) < 4.78 is 5.39. The predicted octanol–water partition coefficient (Wildman–Crippen LogP) is 5.89. The number of anilines is 1. The molecule has 0 fully saturated rings. The van der Waals surface area contributed by atoms with Crippen molar-refractivity contribution in [1.82, 2.24) is 0 Å². The number of rotatable bonds is 6. The third kappa shape index (κ3) is 5.24. The Hall–Kier alpha value is -2.11. The van der Waals surface area contributed by atoms with E-state index in [1.165, 1.54) is 22.3 Å². The van der Waals surface area contributed by atoms with Crippen LogP contribution in [0.5, 0.6) is 0 Å². The average Bonchev–Trinajstić information content (AvgIpc) is 2.86. The van der Waals surface area contributed by atoms with Gasteiger partial charge < -0.3 is 10.1 Å². The Morgan fingerprint density at radius 3 is 2.68 bits per heavy atom. The second-order valence-electron chi connectivity index (χ2n) is 6.78. The van der Waals surface area contributed by atoms with Crippen molar-refractivity contribution >= 4 is 45.9 Å². The molecule has 1 heterocycles. The molecule has 1 aromatic heterocycles. The van der Waals surface area contributed by atoms with Gasteiger partial charge in [-0.25, -0.2) is 4.79 Å². The summed E-state index contributed by atoms with van der Waals surface area (Å²) in [5.74, 6) is -0.603. The van der Waals surface area contributed by atoms with Crippen molar-refractivity contribution in [2.45, 2.75) is 45.4 Å². The van der Waals surface area contributed by atoms with E-state index in [2.05, 4.69) is 5.32 Å². The fourth-order valence-electron chi connectivity index (χ4n) is 3.21. The SMILES string of the molecule is CCCOC(=O)c1c(NC(=O)/C=C/c2ccc(Cl)cc2)sc2c1CCCCC2. The first-order valence-electron chi connectivity index (χ1n) is 9.64. The molecule has 1 aliphatic rings. The van der Waals surface area contributed by atoms with Crippen molar-refractivity contribution in [3.63, 3.8) is 0 Å². The van der Waals surface area contributed by atoms with E-state index < -0.39 is 0 Å². The molecule has 6 heteroatoms. The van der Waals surface area contributed by atoms with Crippen LogP contribution in [0.25, 0.3) is 6.08 Å². The smallest absolute Gasteiger partial charge is 0.341 e. The number of benzene rings is 1. The molecule has 148 valence electrons. The number of aryl methyl sites for hydroxylation is 1. The van der Waals surface area contributed by atoms with E-state index in [4.69, 9.17) is 16.3 Å². The average molecular weight is 418 g/mol. The van der Waals surface area contributed by atoms with Crippen LogP contribution in [0.1, 0.15) is 59.0 Å². The molecule has 0 radical (unpaired) electrons. The highest BCUT2D eigenvalue weighted by Crippen LogP contribution is 2.38. The summed E-state index contributed by atoms with van der Waals surface area (Å²) in [5.41, 5.74) is 2.48. The molecule has 0 unspecified atom stereocenters. The van der Waals surface area contributed by atoms with E-state index in [1.807, 2.05) is 19.1 Å². The molecule has 28 heavy (non-hydrogen) atoms. The standard InChI is InChI=1S/C22H24ClNO3S/c1-2-14-27-22(26)20-17-6-4-3-5-7-18(17)28-21(20)24-19(25)13-10-15-8-11-16(23)12-9-15/h8-13H,2-7,14H2,1H3,(H,24,25)/b13-10+. The lowest BCUT2D eigenvalue weighted by Gasteiger charge is -2.08. The number of nitrogens with one attached hydrogen (secondary N) is 1. The molecular formula is C22H24ClNO3S. The van der Waals surface area contributed by atoms with Crippen molar-refractivity contribution in [3.05, 3.63) is 56.9 Å². The van der Waals surface area contributed by atoms with Crippen LogP contribution in [0.15, 0.2) is 30.3 Å². The molecule has 3 rings (SSSR count). The number of amides is 1. The second-order valence-corrected chi connectivity index (χ2v) is 8.32. The van der Waals surface area contributed by atoms with Crippen LogP contribution < -0.4 is 5.32 Å². The van der Waals surface area contributed by atoms with Crippen LogP contribution in [-0.4, -0.2) is 18.5 Å². The van der Waals surface area contributed by atoms with Gasteiger partial charge in [-0.1, -0.05) is 37.1 Å². The van der Waals surface area contributed by atoms with Gasteiger partial charge in [-0.05, 0) is 61.4 Å². The third-order valence-corrected chi connectivity index (χ3v) is 6.06. The maximum atomic E-state index is 12.7. The summed E-state index contributed by atoms with van der Waals surface area (Å²) in [6.07, 6.45) is 9.10. The number of carbonyl (C=O) groups is 2. The number of ether oxygens (including phenoxy) is 1. The van der Waals surface area contributed by atoms with E-state index in [-0.39, 0.29) is 11.9 Å². The molecule has 1 aliphatic carbocycles. The Balaban J connectivity index is 1.80. The van der Waals surface area contributed by atoms with Gasteiger partial charge in [-0.15, -0.1) is 11.3 Å². The van der Waals surface area contributed by atoms with Gasteiger partial charge in [-0.2, -0.15) is 0 Å². The molecule has 0 aliphatic heterocycles. The van der Waals surface area contributed by atoms with Gasteiger partial charge in [0.05, 0.1) is 12.2 Å². The quantitative estimate of drug-likeness (QED) is 0.362. The number of fused-ring (bicyclic) bond motifs is 1. The van der Waals surface area contributed by atoms with E-state index >= 15 is 0 Å². The van der Waals surface area contributed by atoms with Gasteiger partial charge in [-0.3, -0.25) is 4.79 Å². The summed E-state index contributed by atoms with van der Waals surface area (Å²) in [6.45, 7) is 2.35. The van der Waals surface area contributed by atoms with Crippen molar-refractivity contribution in [2.24, 2.45) is 0 Å². The zero-order chi connectivity index (χ0) is 19.9. The molecular weight excluding hydrogens is 394 g/mol. The first-order valence-corrected chi connectivity index (χ1v) is 10.8. The Kier molecular flexibility index (Phi) is 7.29. The number of hydrogen-bond acceptors (Lipinski definition) is 4. The van der Waals surface area contributed by atoms with E-state index in [0.717, 1.165) is 49.7 Å². The van der Waals surface area contributed by atoms with E-state index in [9.17, 15) is 9.59 Å². The number of thiophene rings is 1. The second kappa shape index (κ2) is 9.89. The summed E-state index contributed by atoms with van der Waals surface area (Å²) in [4.78, 5) is 26.3. The van der Waals surface area contributed by atoms with Crippen LogP contribution in [0.2, 0.25) is 5.02 Å². The maximum absolute atomic E-state index is 12.7. The van der Waals surface area contributed by atoms with Gasteiger partial charge in [0, 0.05) is 16.0 Å². The zero-order valence-electron chi connectivity index (χ0n) is 15.9. The highest BCUT2D eigenvalue weighted by Gasteiger charge is 2.26. The zero-order valence-corrected chi connectivity index (χ0v) is 17.5. The minimum Gasteiger partial charge on any atom is -0.462 e. The molecule has 0 spiro atoms. The van der Waals surface area contributed by atoms with Gasteiger partial charge in [0.1, 0.15) is 5.00 Å². The Morgan fingerprint density at radius 1 is 1.18 bits per heavy atom. The summed E-state index contributed by atoms with van der Waals surface area (Å²) in [5, 5.41) is 4.14. The lowest BCUT2D eigenvalue weighted by molar-refractivity contribution is -0.111. The largest absolute Gasteiger partial charge is 0.462 e.